The monoisotopic (exact) mass is 344 g/mol. The average Bonchev–Trinajstić information content (AvgIpc) is 2.50. The molecule has 2 N–H and O–H groups in total. The molecule has 0 aliphatic rings. The second-order valence-corrected chi connectivity index (χ2v) is 6.62. The van der Waals surface area contributed by atoms with Crippen molar-refractivity contribution in [2.45, 2.75) is 24.8 Å². The summed E-state index contributed by atoms with van der Waals surface area (Å²) in [5, 5.41) is 11.6. The van der Waals surface area contributed by atoms with Gasteiger partial charge < -0.3 is 15.2 Å². The number of methoxy groups -OCH3 is 1. The van der Waals surface area contributed by atoms with E-state index in [2.05, 4.69) is 5.32 Å². The number of carbonyl (C=O) groups excluding carboxylic acids is 1. The lowest BCUT2D eigenvalue weighted by molar-refractivity contribution is -0.140. The Kier molecular flexibility index (Phi) is 6.52. The van der Waals surface area contributed by atoms with Crippen LogP contribution in [0.3, 0.4) is 0 Å². The van der Waals surface area contributed by atoms with Gasteiger partial charge in [0.25, 0.3) is 0 Å². The van der Waals surface area contributed by atoms with Crippen molar-refractivity contribution in [2.75, 3.05) is 20.2 Å². The Bertz CT molecular complexity index is 674. The fourth-order valence-electron chi connectivity index (χ4n) is 1.95. The number of nitrogens with zero attached hydrogens (tertiary/aromatic N) is 1. The van der Waals surface area contributed by atoms with Gasteiger partial charge in [-0.15, -0.1) is 0 Å². The fourth-order valence-corrected chi connectivity index (χ4v) is 3.69. The molecule has 1 unspecified atom stereocenters. The van der Waals surface area contributed by atoms with Crippen molar-refractivity contribution in [2.24, 2.45) is 0 Å². The van der Waals surface area contributed by atoms with Crippen molar-refractivity contribution in [3.8, 4) is 5.75 Å². The predicted molar refractivity (Wildman–Crippen MR) is 82.7 cm³/mol. The zero-order valence-corrected chi connectivity index (χ0v) is 14.0. The van der Waals surface area contributed by atoms with Crippen LogP contribution in [0.25, 0.3) is 0 Å². The van der Waals surface area contributed by atoms with E-state index in [9.17, 15) is 23.1 Å². The number of carboxylic acids is 1. The van der Waals surface area contributed by atoms with Crippen molar-refractivity contribution in [1.82, 2.24) is 9.62 Å². The number of amides is 1. The summed E-state index contributed by atoms with van der Waals surface area (Å²) in [6, 6.07) is 4.66. The van der Waals surface area contributed by atoms with Crippen molar-refractivity contribution < 1.29 is 27.9 Å². The lowest BCUT2D eigenvalue weighted by Gasteiger charge is -2.26. The molecule has 128 valence electrons. The predicted octanol–water partition coefficient (Wildman–Crippen LogP) is 0.295. The maximum Gasteiger partial charge on any atom is 0.321 e. The molecule has 0 aliphatic carbocycles. The quantitative estimate of drug-likeness (QED) is 0.701. The number of carboxylic acid groups (broad SMARTS) is 1. The summed E-state index contributed by atoms with van der Waals surface area (Å²) >= 11 is 0. The van der Waals surface area contributed by atoms with Gasteiger partial charge in [-0.25, -0.2) is 8.42 Å². The molecule has 1 atom stereocenters. The highest BCUT2D eigenvalue weighted by atomic mass is 32.2. The Morgan fingerprint density at radius 1 is 1.35 bits per heavy atom. The fraction of sp³-hybridized carbons (Fsp3) is 0.429. The Balaban J connectivity index is 3.22. The summed E-state index contributed by atoms with van der Waals surface area (Å²) in [5.41, 5.74) is 0. The van der Waals surface area contributed by atoms with Gasteiger partial charge >= 0.3 is 5.97 Å². The van der Waals surface area contributed by atoms with Crippen LogP contribution < -0.4 is 10.1 Å². The smallest absolute Gasteiger partial charge is 0.321 e. The van der Waals surface area contributed by atoms with Gasteiger partial charge in [-0.1, -0.05) is 12.1 Å². The van der Waals surface area contributed by atoms with E-state index in [0.717, 1.165) is 4.31 Å². The molecule has 0 saturated carbocycles. The van der Waals surface area contributed by atoms with E-state index in [4.69, 9.17) is 4.74 Å². The minimum atomic E-state index is -4.11. The third kappa shape index (κ3) is 4.67. The highest BCUT2D eigenvalue weighted by Gasteiger charge is 2.34. The lowest BCUT2D eigenvalue weighted by atomic mass is 10.3. The number of para-hydroxylation sites is 1. The summed E-state index contributed by atoms with van der Waals surface area (Å²) in [4.78, 5) is 22.1. The first kappa shape index (κ1) is 18.9. The number of carbonyl (C=O) groups is 2. The molecule has 0 fully saturated rings. The van der Waals surface area contributed by atoms with Crippen LogP contribution in [0.4, 0.5) is 0 Å². The van der Waals surface area contributed by atoms with E-state index in [0.29, 0.717) is 0 Å². The molecule has 1 amide bonds. The Hall–Kier alpha value is -2.13. The highest BCUT2D eigenvalue weighted by molar-refractivity contribution is 7.89. The van der Waals surface area contributed by atoms with Crippen LogP contribution in [0.1, 0.15) is 13.8 Å². The molecule has 1 aromatic carbocycles. The minimum Gasteiger partial charge on any atom is -0.495 e. The highest BCUT2D eigenvalue weighted by Crippen LogP contribution is 2.27. The van der Waals surface area contributed by atoms with Crippen molar-refractivity contribution in [1.29, 1.82) is 0 Å². The van der Waals surface area contributed by atoms with Crippen LogP contribution in [0, 0.1) is 0 Å². The largest absolute Gasteiger partial charge is 0.495 e. The molecular formula is C14H20N2O6S. The summed E-state index contributed by atoms with van der Waals surface area (Å²) in [7, 11) is -2.78. The standard InChI is InChI=1S/C14H20N2O6S/c1-10(14(18)19)16(9-8-15-11(2)17)23(20,21)13-7-5-4-6-12(13)22-3/h4-7,10H,8-9H2,1-3H3,(H,15,17)(H,18,19). The topological polar surface area (TPSA) is 113 Å². The van der Waals surface area contributed by atoms with Gasteiger partial charge in [-0.2, -0.15) is 4.31 Å². The zero-order chi connectivity index (χ0) is 17.6. The first-order chi connectivity index (χ1) is 10.7. The lowest BCUT2D eigenvalue weighted by Crippen LogP contribution is -2.46. The summed E-state index contributed by atoms with van der Waals surface area (Å²) < 4.78 is 31.5. The van der Waals surface area contributed by atoms with Gasteiger partial charge in [-0.3, -0.25) is 9.59 Å². The van der Waals surface area contributed by atoms with Gasteiger partial charge in [0, 0.05) is 20.0 Å². The number of sulfonamides is 1. The molecule has 8 nitrogen and oxygen atoms in total. The second-order valence-electron chi connectivity index (χ2n) is 4.76. The number of nitrogens with one attached hydrogen (secondary N) is 1. The Morgan fingerprint density at radius 2 is 1.96 bits per heavy atom. The number of rotatable bonds is 8. The van der Waals surface area contributed by atoms with Crippen LogP contribution >= 0.6 is 0 Å². The molecule has 0 aliphatic heterocycles. The number of aliphatic carboxylic acids is 1. The van der Waals surface area contributed by atoms with E-state index >= 15 is 0 Å². The van der Waals surface area contributed by atoms with Crippen molar-refractivity contribution >= 4 is 21.9 Å². The summed E-state index contributed by atoms with van der Waals surface area (Å²) in [5.74, 6) is -1.50. The number of ether oxygens (including phenoxy) is 1. The van der Waals surface area contributed by atoms with Gasteiger partial charge in [0.1, 0.15) is 16.7 Å². The first-order valence-corrected chi connectivity index (χ1v) is 8.28. The minimum absolute atomic E-state index is 0.00132. The number of hydrogen-bond acceptors (Lipinski definition) is 5. The molecule has 1 aromatic rings. The van der Waals surface area contributed by atoms with Gasteiger partial charge in [0.15, 0.2) is 0 Å². The van der Waals surface area contributed by atoms with E-state index in [1.54, 1.807) is 6.07 Å². The molecule has 1 rings (SSSR count). The SMILES string of the molecule is COc1ccccc1S(=O)(=O)N(CCNC(C)=O)C(C)C(=O)O. The first-order valence-electron chi connectivity index (χ1n) is 6.84. The van der Waals surface area contributed by atoms with Crippen LogP contribution in [0.15, 0.2) is 29.2 Å². The molecule has 0 heterocycles. The van der Waals surface area contributed by atoms with Crippen molar-refractivity contribution in [3.05, 3.63) is 24.3 Å². The van der Waals surface area contributed by atoms with Crippen LogP contribution in [0.2, 0.25) is 0 Å². The van der Waals surface area contributed by atoms with E-state index in [1.807, 2.05) is 0 Å². The van der Waals surface area contributed by atoms with Gasteiger partial charge in [-0.05, 0) is 19.1 Å². The molecule has 0 bridgehead atoms. The molecular weight excluding hydrogens is 324 g/mol. The molecule has 9 heteroatoms. The summed E-state index contributed by atoms with van der Waals surface area (Å²) in [6.45, 7) is 2.39. The average molecular weight is 344 g/mol. The molecule has 0 aromatic heterocycles. The van der Waals surface area contributed by atoms with Gasteiger partial charge in [0.2, 0.25) is 15.9 Å². The Morgan fingerprint density at radius 3 is 2.48 bits per heavy atom. The van der Waals surface area contributed by atoms with Crippen LogP contribution in [-0.4, -0.2) is 55.9 Å². The van der Waals surface area contributed by atoms with Crippen molar-refractivity contribution in [3.63, 3.8) is 0 Å². The molecule has 0 saturated heterocycles. The Labute approximate surface area is 135 Å². The maximum absolute atomic E-state index is 12.8. The number of benzene rings is 1. The van der Waals surface area contributed by atoms with Crippen LogP contribution in [0.5, 0.6) is 5.75 Å². The third-order valence-electron chi connectivity index (χ3n) is 3.15. The van der Waals surface area contributed by atoms with Crippen LogP contribution in [-0.2, 0) is 19.6 Å². The maximum atomic E-state index is 12.8. The summed E-state index contributed by atoms with van der Waals surface area (Å²) in [6.07, 6.45) is 0. The van der Waals surface area contributed by atoms with Gasteiger partial charge in [0.05, 0.1) is 7.11 Å². The molecule has 0 spiro atoms. The van der Waals surface area contributed by atoms with E-state index < -0.39 is 22.0 Å². The zero-order valence-electron chi connectivity index (χ0n) is 13.1. The van der Waals surface area contributed by atoms with E-state index in [-0.39, 0.29) is 29.6 Å². The second kappa shape index (κ2) is 7.93. The molecule has 23 heavy (non-hydrogen) atoms. The normalized spacial score (nSPS) is 12.7. The molecule has 0 radical (unpaired) electrons. The third-order valence-corrected chi connectivity index (χ3v) is 5.16. The van der Waals surface area contributed by atoms with E-state index in [1.165, 1.54) is 39.2 Å². The number of hydrogen-bond donors (Lipinski definition) is 2.